The number of fused-ring (bicyclic) bond motifs is 1. The minimum absolute atomic E-state index is 0.0443. The minimum atomic E-state index is -3.31. The van der Waals surface area contributed by atoms with Crippen molar-refractivity contribution < 1.29 is 18.0 Å². The Morgan fingerprint density at radius 3 is 2.40 bits per heavy atom. The summed E-state index contributed by atoms with van der Waals surface area (Å²) >= 11 is 0. The van der Waals surface area contributed by atoms with Crippen LogP contribution in [0.1, 0.15) is 24.3 Å². The Hall–Kier alpha value is -2.16. The van der Waals surface area contributed by atoms with Gasteiger partial charge in [0.1, 0.15) is 5.69 Å². The number of carbonyl (C=O) groups is 2. The maximum atomic E-state index is 12.8. The third-order valence-electron chi connectivity index (χ3n) is 4.49. The van der Waals surface area contributed by atoms with Gasteiger partial charge in [-0.3, -0.25) is 9.78 Å². The predicted octanol–water partition coefficient (Wildman–Crippen LogP) is 0.123. The molecule has 2 atom stereocenters. The lowest BCUT2D eigenvalue weighted by Gasteiger charge is -2.43. The van der Waals surface area contributed by atoms with Crippen LogP contribution in [0.2, 0.25) is 0 Å². The number of aromatic nitrogens is 1. The number of sulfone groups is 1. The zero-order valence-electron chi connectivity index (χ0n) is 14.3. The highest BCUT2D eigenvalue weighted by Crippen LogP contribution is 2.28. The van der Waals surface area contributed by atoms with Crippen molar-refractivity contribution in [1.82, 2.24) is 20.1 Å². The maximum absolute atomic E-state index is 12.8. The molecule has 2 fully saturated rings. The molecule has 2 saturated heterocycles. The summed E-state index contributed by atoms with van der Waals surface area (Å²) in [4.78, 5) is 32.3. The van der Waals surface area contributed by atoms with Crippen molar-refractivity contribution in [3.63, 3.8) is 0 Å². The van der Waals surface area contributed by atoms with Crippen LogP contribution in [0.5, 0.6) is 0 Å². The van der Waals surface area contributed by atoms with Gasteiger partial charge in [0.25, 0.3) is 5.91 Å². The van der Waals surface area contributed by atoms with E-state index >= 15 is 0 Å². The fourth-order valence-electron chi connectivity index (χ4n) is 3.42. The first-order valence-electron chi connectivity index (χ1n) is 8.28. The third kappa shape index (κ3) is 3.60. The largest absolute Gasteiger partial charge is 0.336 e. The van der Waals surface area contributed by atoms with Gasteiger partial charge in [-0.05, 0) is 26.0 Å². The summed E-state index contributed by atoms with van der Waals surface area (Å²) in [5, 5.41) is 2.80. The first-order chi connectivity index (χ1) is 11.8. The average molecular weight is 366 g/mol. The molecule has 136 valence electrons. The first-order valence-corrected chi connectivity index (χ1v) is 10.1. The Labute approximate surface area is 147 Å². The fourth-order valence-corrected chi connectivity index (χ4v) is 5.40. The number of urea groups is 1. The number of nitrogens with zero attached hydrogens (tertiary/aromatic N) is 3. The van der Waals surface area contributed by atoms with Crippen LogP contribution in [0.15, 0.2) is 24.4 Å². The molecule has 0 radical (unpaired) electrons. The number of carbonyl (C=O) groups excluding carboxylic acids is 2. The molecular weight excluding hydrogens is 344 g/mol. The molecule has 0 unspecified atom stereocenters. The van der Waals surface area contributed by atoms with Crippen molar-refractivity contribution >= 4 is 21.8 Å². The highest BCUT2D eigenvalue weighted by atomic mass is 32.2. The molecule has 3 rings (SSSR count). The van der Waals surface area contributed by atoms with E-state index in [2.05, 4.69) is 10.3 Å². The van der Waals surface area contributed by atoms with E-state index in [4.69, 9.17) is 0 Å². The lowest BCUT2D eigenvalue weighted by molar-refractivity contribution is 0.0420. The minimum Gasteiger partial charge on any atom is -0.336 e. The van der Waals surface area contributed by atoms with E-state index in [-0.39, 0.29) is 41.7 Å². The van der Waals surface area contributed by atoms with Gasteiger partial charge < -0.3 is 15.1 Å². The molecule has 8 nitrogen and oxygen atoms in total. The third-order valence-corrected chi connectivity index (χ3v) is 6.19. The number of amides is 3. The predicted molar refractivity (Wildman–Crippen MR) is 91.9 cm³/mol. The number of piperazine rings is 1. The number of hydrogen-bond donors (Lipinski definition) is 1. The topological polar surface area (TPSA) is 99.7 Å². The molecule has 2 aliphatic heterocycles. The summed E-state index contributed by atoms with van der Waals surface area (Å²) in [5.74, 6) is -0.534. The van der Waals surface area contributed by atoms with Crippen molar-refractivity contribution in [1.29, 1.82) is 0 Å². The molecule has 1 aromatic heterocycles. The lowest BCUT2D eigenvalue weighted by atomic mass is 10.0. The molecule has 0 aromatic carbocycles. The van der Waals surface area contributed by atoms with Crippen molar-refractivity contribution in [2.75, 3.05) is 24.6 Å². The number of hydrogen-bond acceptors (Lipinski definition) is 5. The fraction of sp³-hybridized carbons (Fsp3) is 0.562. The molecule has 9 heteroatoms. The zero-order chi connectivity index (χ0) is 18.2. The van der Waals surface area contributed by atoms with Crippen LogP contribution in [0.3, 0.4) is 0 Å². The molecule has 2 aliphatic rings. The summed E-state index contributed by atoms with van der Waals surface area (Å²) in [6.45, 7) is 4.29. The summed E-state index contributed by atoms with van der Waals surface area (Å²) in [7, 11) is -3.31. The van der Waals surface area contributed by atoms with Crippen LogP contribution in [-0.2, 0) is 9.84 Å². The van der Waals surface area contributed by atoms with Crippen LogP contribution in [-0.4, -0.2) is 77.9 Å². The normalized spacial score (nSPS) is 24.9. The van der Waals surface area contributed by atoms with E-state index in [1.807, 2.05) is 13.8 Å². The molecular formula is C16H22N4O4S. The number of nitrogens with one attached hydrogen (secondary N) is 1. The Kier molecular flexibility index (Phi) is 4.68. The second-order valence-corrected chi connectivity index (χ2v) is 8.88. The molecule has 0 saturated carbocycles. The van der Waals surface area contributed by atoms with Gasteiger partial charge >= 0.3 is 6.03 Å². The molecule has 1 N–H and O–H groups in total. The Morgan fingerprint density at radius 2 is 1.80 bits per heavy atom. The quantitative estimate of drug-likeness (QED) is 0.802. The van der Waals surface area contributed by atoms with Gasteiger partial charge in [-0.1, -0.05) is 6.07 Å². The first kappa shape index (κ1) is 17.7. The van der Waals surface area contributed by atoms with Crippen molar-refractivity contribution in [3.05, 3.63) is 30.1 Å². The Bertz CT molecular complexity index is 766. The Balaban J connectivity index is 1.86. The van der Waals surface area contributed by atoms with Crippen molar-refractivity contribution in [3.8, 4) is 0 Å². The summed E-state index contributed by atoms with van der Waals surface area (Å²) in [6.07, 6.45) is 1.53. The standard InChI is InChI=1S/C16H22N4O4S/c1-11(2)18-16(22)20-8-7-19(13-9-25(23,24)10-14(13)20)15(21)12-5-3-4-6-17-12/h3-6,11,13-14H,7-10H2,1-2H3,(H,18,22)/t13-,14+/m1/s1. The lowest BCUT2D eigenvalue weighted by Crippen LogP contribution is -2.63. The molecule has 3 heterocycles. The number of rotatable bonds is 2. The van der Waals surface area contributed by atoms with Crippen LogP contribution in [0.4, 0.5) is 4.79 Å². The average Bonchev–Trinajstić information content (AvgIpc) is 2.88. The maximum Gasteiger partial charge on any atom is 0.318 e. The van der Waals surface area contributed by atoms with Crippen molar-refractivity contribution in [2.24, 2.45) is 0 Å². The van der Waals surface area contributed by atoms with E-state index in [0.717, 1.165) is 0 Å². The van der Waals surface area contributed by atoms with Crippen molar-refractivity contribution in [2.45, 2.75) is 32.0 Å². The summed E-state index contributed by atoms with van der Waals surface area (Å²) in [6, 6.07) is 3.66. The highest BCUT2D eigenvalue weighted by molar-refractivity contribution is 7.91. The van der Waals surface area contributed by atoms with Gasteiger partial charge in [0.05, 0.1) is 23.6 Å². The van der Waals surface area contributed by atoms with Crippen LogP contribution >= 0.6 is 0 Å². The molecule has 0 spiro atoms. The second kappa shape index (κ2) is 6.62. The molecule has 25 heavy (non-hydrogen) atoms. The van der Waals surface area contributed by atoms with Gasteiger partial charge in [0.2, 0.25) is 0 Å². The van der Waals surface area contributed by atoms with Gasteiger partial charge in [-0.25, -0.2) is 13.2 Å². The van der Waals surface area contributed by atoms with Crippen LogP contribution in [0.25, 0.3) is 0 Å². The molecule has 3 amide bonds. The molecule has 0 aliphatic carbocycles. The molecule has 0 bridgehead atoms. The van der Waals surface area contributed by atoms with Gasteiger partial charge in [-0.2, -0.15) is 0 Å². The SMILES string of the molecule is CC(C)NC(=O)N1CCN(C(=O)c2ccccn2)[C@@H]2CS(=O)(=O)C[C@@H]21. The summed E-state index contributed by atoms with van der Waals surface area (Å²) < 4.78 is 24.4. The van der Waals surface area contributed by atoms with E-state index in [0.29, 0.717) is 6.54 Å². The van der Waals surface area contributed by atoms with E-state index < -0.39 is 21.9 Å². The summed E-state index contributed by atoms with van der Waals surface area (Å²) in [5.41, 5.74) is 0.283. The smallest absolute Gasteiger partial charge is 0.318 e. The monoisotopic (exact) mass is 366 g/mol. The van der Waals surface area contributed by atoms with E-state index in [1.165, 1.54) is 6.20 Å². The van der Waals surface area contributed by atoms with Gasteiger partial charge in [-0.15, -0.1) is 0 Å². The number of pyridine rings is 1. The van der Waals surface area contributed by atoms with Crippen LogP contribution in [0, 0.1) is 0 Å². The Morgan fingerprint density at radius 1 is 1.16 bits per heavy atom. The van der Waals surface area contributed by atoms with Crippen LogP contribution < -0.4 is 5.32 Å². The highest BCUT2D eigenvalue weighted by Gasteiger charge is 2.49. The second-order valence-electron chi connectivity index (χ2n) is 6.72. The van der Waals surface area contributed by atoms with E-state index in [1.54, 1.807) is 28.0 Å². The zero-order valence-corrected chi connectivity index (χ0v) is 15.1. The van der Waals surface area contributed by atoms with Gasteiger partial charge in [0.15, 0.2) is 9.84 Å². The van der Waals surface area contributed by atoms with Gasteiger partial charge in [0, 0.05) is 25.3 Å². The van der Waals surface area contributed by atoms with E-state index in [9.17, 15) is 18.0 Å². The molecule has 1 aromatic rings.